The lowest BCUT2D eigenvalue weighted by atomic mass is 10.2. The van der Waals surface area contributed by atoms with E-state index in [1.807, 2.05) is 6.92 Å². The third-order valence-electron chi connectivity index (χ3n) is 2.77. The summed E-state index contributed by atoms with van der Waals surface area (Å²) in [5, 5.41) is 0. The van der Waals surface area contributed by atoms with Gasteiger partial charge in [-0.1, -0.05) is 6.92 Å². The summed E-state index contributed by atoms with van der Waals surface area (Å²) < 4.78 is 31.9. The fourth-order valence-electron chi connectivity index (χ4n) is 1.67. The van der Waals surface area contributed by atoms with Gasteiger partial charge in [-0.3, -0.25) is 4.79 Å². The average molecular weight is 301 g/mol. The quantitative estimate of drug-likeness (QED) is 0.615. The van der Waals surface area contributed by atoms with Crippen LogP contribution in [0.15, 0.2) is 23.1 Å². The number of carbonyl (C=O) groups excluding carboxylic acids is 1. The molecule has 0 aromatic heterocycles. The van der Waals surface area contributed by atoms with E-state index in [2.05, 4.69) is 4.72 Å². The number of rotatable bonds is 7. The highest BCUT2D eigenvalue weighted by Gasteiger charge is 2.22. The standard InChI is InChI=1S/C12H19N3O4S/c1-3-9(7-19-2)15-20(17,18)11-5-4-8(12(14)16)6-10(11)13/h4-6,9,15H,3,7,13H2,1-2H3,(H2,14,16). The molecule has 20 heavy (non-hydrogen) atoms. The van der Waals surface area contributed by atoms with Crippen molar-refractivity contribution in [2.24, 2.45) is 5.73 Å². The maximum absolute atomic E-state index is 12.2. The zero-order valence-electron chi connectivity index (χ0n) is 11.4. The Balaban J connectivity index is 3.06. The molecule has 0 aliphatic heterocycles. The molecule has 0 spiro atoms. The number of carbonyl (C=O) groups is 1. The number of benzene rings is 1. The Bertz CT molecular complexity index is 586. The number of methoxy groups -OCH3 is 1. The number of hydrogen-bond acceptors (Lipinski definition) is 5. The van der Waals surface area contributed by atoms with Gasteiger partial charge in [0.25, 0.3) is 0 Å². The lowest BCUT2D eigenvalue weighted by molar-refractivity contribution is 0.1000. The van der Waals surface area contributed by atoms with E-state index in [1.165, 1.54) is 25.3 Å². The van der Waals surface area contributed by atoms with E-state index in [9.17, 15) is 13.2 Å². The molecule has 0 heterocycles. The van der Waals surface area contributed by atoms with Crippen molar-refractivity contribution in [3.63, 3.8) is 0 Å². The monoisotopic (exact) mass is 301 g/mol. The Hall–Kier alpha value is -1.64. The number of nitrogens with two attached hydrogens (primary N) is 2. The third kappa shape index (κ3) is 3.92. The molecule has 0 bridgehead atoms. The van der Waals surface area contributed by atoms with Gasteiger partial charge in [0.05, 0.1) is 12.3 Å². The van der Waals surface area contributed by atoms with Gasteiger partial charge in [-0.05, 0) is 24.6 Å². The molecular formula is C12H19N3O4S. The van der Waals surface area contributed by atoms with Crippen LogP contribution in [-0.4, -0.2) is 34.1 Å². The van der Waals surface area contributed by atoms with Gasteiger partial charge in [0.15, 0.2) is 0 Å². The maximum atomic E-state index is 12.2. The van der Waals surface area contributed by atoms with Crippen LogP contribution in [0.1, 0.15) is 23.7 Å². The molecule has 1 aromatic rings. The first kappa shape index (κ1) is 16.4. The predicted octanol–water partition coefficient (Wildman–Crippen LogP) is 0.0710. The van der Waals surface area contributed by atoms with E-state index in [4.69, 9.17) is 16.2 Å². The summed E-state index contributed by atoms with van der Waals surface area (Å²) in [6, 6.07) is 3.48. The summed E-state index contributed by atoms with van der Waals surface area (Å²) in [5.41, 5.74) is 10.9. The van der Waals surface area contributed by atoms with E-state index in [0.29, 0.717) is 6.42 Å². The third-order valence-corrected chi connectivity index (χ3v) is 4.36. The molecule has 8 heteroatoms. The van der Waals surface area contributed by atoms with Crippen molar-refractivity contribution >= 4 is 21.6 Å². The molecule has 1 rings (SSSR count). The number of nitrogens with one attached hydrogen (secondary N) is 1. The van der Waals surface area contributed by atoms with E-state index in [0.717, 1.165) is 0 Å². The second-order valence-electron chi connectivity index (χ2n) is 4.30. The molecular weight excluding hydrogens is 282 g/mol. The first-order chi connectivity index (χ1) is 9.31. The van der Waals surface area contributed by atoms with Gasteiger partial charge in [0.1, 0.15) is 4.90 Å². The van der Waals surface area contributed by atoms with Crippen molar-refractivity contribution < 1.29 is 17.9 Å². The van der Waals surface area contributed by atoms with Crippen molar-refractivity contribution in [3.8, 4) is 0 Å². The van der Waals surface area contributed by atoms with Gasteiger partial charge in [-0.15, -0.1) is 0 Å². The van der Waals surface area contributed by atoms with E-state index >= 15 is 0 Å². The van der Waals surface area contributed by atoms with Crippen molar-refractivity contribution in [3.05, 3.63) is 23.8 Å². The first-order valence-corrected chi connectivity index (χ1v) is 7.50. The summed E-state index contributed by atoms with van der Waals surface area (Å²) >= 11 is 0. The van der Waals surface area contributed by atoms with E-state index in [-0.39, 0.29) is 28.8 Å². The topological polar surface area (TPSA) is 125 Å². The minimum Gasteiger partial charge on any atom is -0.398 e. The van der Waals surface area contributed by atoms with Crippen molar-refractivity contribution in [1.29, 1.82) is 0 Å². The fourth-order valence-corrected chi connectivity index (χ4v) is 3.08. The summed E-state index contributed by atoms with van der Waals surface area (Å²) in [6.07, 6.45) is 0.576. The smallest absolute Gasteiger partial charge is 0.248 e. The molecule has 0 saturated carbocycles. The number of primary amides is 1. The fraction of sp³-hybridized carbons (Fsp3) is 0.417. The maximum Gasteiger partial charge on any atom is 0.248 e. The molecule has 1 amide bonds. The summed E-state index contributed by atoms with van der Waals surface area (Å²) in [4.78, 5) is 10.9. The highest BCUT2D eigenvalue weighted by atomic mass is 32.2. The van der Waals surface area contributed by atoms with Crippen LogP contribution in [0, 0.1) is 0 Å². The lowest BCUT2D eigenvalue weighted by Gasteiger charge is -2.17. The van der Waals surface area contributed by atoms with Crippen LogP contribution in [0.5, 0.6) is 0 Å². The van der Waals surface area contributed by atoms with Crippen LogP contribution in [0.2, 0.25) is 0 Å². The van der Waals surface area contributed by atoms with Gasteiger partial charge >= 0.3 is 0 Å². The lowest BCUT2D eigenvalue weighted by Crippen LogP contribution is -2.37. The average Bonchev–Trinajstić information content (AvgIpc) is 2.37. The van der Waals surface area contributed by atoms with Crippen LogP contribution >= 0.6 is 0 Å². The van der Waals surface area contributed by atoms with Crippen LogP contribution < -0.4 is 16.2 Å². The Morgan fingerprint density at radius 1 is 1.45 bits per heavy atom. The molecule has 7 nitrogen and oxygen atoms in total. The summed E-state index contributed by atoms with van der Waals surface area (Å²) in [5.74, 6) is -0.667. The minimum absolute atomic E-state index is 0.0268. The van der Waals surface area contributed by atoms with Gasteiger partial charge in [-0.2, -0.15) is 0 Å². The molecule has 0 aliphatic carbocycles. The van der Waals surface area contributed by atoms with E-state index in [1.54, 1.807) is 0 Å². The van der Waals surface area contributed by atoms with Gasteiger partial charge in [0.2, 0.25) is 15.9 Å². The normalized spacial score (nSPS) is 13.1. The number of nitrogen functional groups attached to an aromatic ring is 1. The highest BCUT2D eigenvalue weighted by Crippen LogP contribution is 2.20. The van der Waals surface area contributed by atoms with Crippen molar-refractivity contribution in [1.82, 2.24) is 4.72 Å². The number of amides is 1. The number of hydrogen-bond donors (Lipinski definition) is 3. The van der Waals surface area contributed by atoms with Crippen LogP contribution in [0.3, 0.4) is 0 Å². The van der Waals surface area contributed by atoms with Crippen LogP contribution in [0.4, 0.5) is 5.69 Å². The second-order valence-corrected chi connectivity index (χ2v) is 5.98. The largest absolute Gasteiger partial charge is 0.398 e. The molecule has 0 saturated heterocycles. The van der Waals surface area contributed by atoms with Crippen molar-refractivity contribution in [2.45, 2.75) is 24.3 Å². The zero-order chi connectivity index (χ0) is 15.3. The van der Waals surface area contributed by atoms with Gasteiger partial charge in [0, 0.05) is 18.7 Å². The first-order valence-electron chi connectivity index (χ1n) is 6.02. The zero-order valence-corrected chi connectivity index (χ0v) is 12.2. The Labute approximate surface area is 118 Å². The SMILES string of the molecule is CCC(COC)NS(=O)(=O)c1ccc(C(N)=O)cc1N. The molecule has 1 unspecified atom stereocenters. The highest BCUT2D eigenvalue weighted by molar-refractivity contribution is 7.89. The molecule has 0 fully saturated rings. The number of sulfonamides is 1. The number of ether oxygens (including phenoxy) is 1. The van der Waals surface area contributed by atoms with Crippen LogP contribution in [0.25, 0.3) is 0 Å². The Morgan fingerprint density at radius 2 is 2.10 bits per heavy atom. The predicted molar refractivity (Wildman–Crippen MR) is 75.6 cm³/mol. The molecule has 0 radical (unpaired) electrons. The second kappa shape index (κ2) is 6.69. The number of anilines is 1. The molecule has 1 atom stereocenters. The van der Waals surface area contributed by atoms with E-state index < -0.39 is 15.9 Å². The minimum atomic E-state index is -3.77. The Morgan fingerprint density at radius 3 is 2.55 bits per heavy atom. The molecule has 112 valence electrons. The van der Waals surface area contributed by atoms with Crippen molar-refractivity contribution in [2.75, 3.05) is 19.5 Å². The van der Waals surface area contributed by atoms with Gasteiger partial charge < -0.3 is 16.2 Å². The molecule has 0 aliphatic rings. The summed E-state index contributed by atoms with van der Waals surface area (Å²) in [7, 11) is -2.28. The van der Waals surface area contributed by atoms with Gasteiger partial charge in [-0.25, -0.2) is 13.1 Å². The summed E-state index contributed by atoms with van der Waals surface area (Å²) in [6.45, 7) is 2.10. The molecule has 1 aromatic carbocycles. The Kier molecular flexibility index (Phi) is 5.49. The molecule has 5 N–H and O–H groups in total. The van der Waals surface area contributed by atoms with Crippen LogP contribution in [-0.2, 0) is 14.8 Å².